The molecule has 0 radical (unpaired) electrons. The van der Waals surface area contributed by atoms with Crippen LogP contribution in [0.1, 0.15) is 12.8 Å². The molecule has 8 heteroatoms. The Morgan fingerprint density at radius 2 is 2.14 bits per heavy atom. The summed E-state index contributed by atoms with van der Waals surface area (Å²) in [7, 11) is 1.63. The van der Waals surface area contributed by atoms with Crippen LogP contribution in [-0.2, 0) is 6.67 Å². The molecule has 1 aliphatic rings. The molecule has 2 atom stereocenters. The lowest BCUT2D eigenvalue weighted by Crippen LogP contribution is -3.13. The van der Waals surface area contributed by atoms with Crippen molar-refractivity contribution in [2.75, 3.05) is 20.2 Å². The Labute approximate surface area is 133 Å². The molecule has 1 fully saturated rings. The largest absolute Gasteiger partial charge is 0.497 e. The van der Waals surface area contributed by atoms with E-state index < -0.39 is 0 Å². The monoisotopic (exact) mass is 322 g/mol. The zero-order valence-corrected chi connectivity index (χ0v) is 13.3. The molecule has 0 bridgehead atoms. The first kappa shape index (κ1) is 15.1. The predicted octanol–water partition coefficient (Wildman–Crippen LogP) is -0.196. The summed E-state index contributed by atoms with van der Waals surface area (Å²) < 4.78 is 9.05. The van der Waals surface area contributed by atoms with Crippen LogP contribution < -0.4 is 9.64 Å². The number of nitrogens with zero attached hydrogens (tertiary/aromatic N) is 4. The molecule has 1 aliphatic heterocycles. The van der Waals surface area contributed by atoms with Crippen molar-refractivity contribution in [2.24, 2.45) is 0 Å². The molecular weight excluding hydrogens is 302 g/mol. The molecule has 1 aromatic heterocycles. The number of ether oxygens (including phenoxy) is 1. The number of aromatic nitrogens is 4. The molecule has 0 saturated carbocycles. The topological polar surface area (TPSA) is 69.5 Å². The van der Waals surface area contributed by atoms with Gasteiger partial charge in [0.1, 0.15) is 18.4 Å². The van der Waals surface area contributed by atoms with E-state index in [1.54, 1.807) is 16.5 Å². The number of nitrogens with one attached hydrogen (secondary N) is 1. The van der Waals surface area contributed by atoms with Gasteiger partial charge in [-0.2, -0.15) is 9.36 Å². The van der Waals surface area contributed by atoms with Gasteiger partial charge in [-0.1, -0.05) is 0 Å². The first-order chi connectivity index (χ1) is 10.7. The maximum Gasteiger partial charge on any atom is 0.225 e. The van der Waals surface area contributed by atoms with E-state index in [9.17, 15) is 5.11 Å². The highest BCUT2D eigenvalue weighted by Gasteiger charge is 2.22. The zero-order chi connectivity index (χ0) is 15.5. The van der Waals surface area contributed by atoms with Crippen LogP contribution in [0, 0.1) is 4.77 Å². The van der Waals surface area contributed by atoms with E-state index in [4.69, 9.17) is 17.0 Å². The predicted molar refractivity (Wildman–Crippen MR) is 82.7 cm³/mol. The van der Waals surface area contributed by atoms with Gasteiger partial charge >= 0.3 is 0 Å². The minimum Gasteiger partial charge on any atom is -0.497 e. The lowest BCUT2D eigenvalue weighted by Gasteiger charge is -2.26. The third kappa shape index (κ3) is 3.18. The van der Waals surface area contributed by atoms with Crippen molar-refractivity contribution < 1.29 is 14.7 Å². The Balaban J connectivity index is 1.77. The number of tetrazole rings is 1. The van der Waals surface area contributed by atoms with Crippen molar-refractivity contribution in [1.82, 2.24) is 19.8 Å². The normalized spacial score (nSPS) is 21.7. The number of methoxy groups -OCH3 is 1. The SMILES string of the molecule is COc1ccc(-n2nnn(C[NH+]3CCC[C@H](O)C3)c2=S)cc1. The number of benzene rings is 1. The molecule has 2 aromatic rings. The van der Waals surface area contributed by atoms with Crippen molar-refractivity contribution in [2.45, 2.75) is 25.6 Å². The van der Waals surface area contributed by atoms with Crippen molar-refractivity contribution in [3.8, 4) is 11.4 Å². The van der Waals surface area contributed by atoms with E-state index in [2.05, 4.69) is 10.4 Å². The van der Waals surface area contributed by atoms with E-state index >= 15 is 0 Å². The lowest BCUT2D eigenvalue weighted by atomic mass is 10.1. The molecule has 22 heavy (non-hydrogen) atoms. The number of piperidine rings is 1. The third-order valence-corrected chi connectivity index (χ3v) is 4.31. The minimum absolute atomic E-state index is 0.227. The van der Waals surface area contributed by atoms with Gasteiger partial charge in [0.15, 0.2) is 6.67 Å². The maximum atomic E-state index is 9.75. The maximum absolute atomic E-state index is 9.75. The van der Waals surface area contributed by atoms with Crippen LogP contribution in [0.15, 0.2) is 24.3 Å². The smallest absolute Gasteiger partial charge is 0.225 e. The van der Waals surface area contributed by atoms with Gasteiger partial charge in [0.2, 0.25) is 4.77 Å². The fourth-order valence-corrected chi connectivity index (χ4v) is 2.98. The molecule has 2 heterocycles. The van der Waals surface area contributed by atoms with E-state index in [0.717, 1.165) is 37.4 Å². The van der Waals surface area contributed by atoms with Crippen LogP contribution >= 0.6 is 12.2 Å². The second kappa shape index (κ2) is 6.55. The molecule has 1 unspecified atom stereocenters. The Kier molecular flexibility index (Phi) is 4.51. The highest BCUT2D eigenvalue weighted by atomic mass is 32.1. The van der Waals surface area contributed by atoms with Gasteiger partial charge in [-0.15, -0.1) is 0 Å². The summed E-state index contributed by atoms with van der Waals surface area (Å²) in [4.78, 5) is 1.27. The first-order valence-corrected chi connectivity index (χ1v) is 7.77. The molecule has 7 nitrogen and oxygen atoms in total. The van der Waals surface area contributed by atoms with Crippen LogP contribution in [-0.4, -0.2) is 51.2 Å². The van der Waals surface area contributed by atoms with Crippen LogP contribution in [0.5, 0.6) is 5.75 Å². The standard InChI is InChI=1S/C14H19N5O2S/c1-21-13-6-4-11(5-7-13)19-14(22)18(15-16-19)10-17-8-2-3-12(20)9-17/h4-7,12,20H,2-3,8-10H2,1H3/p+1/t12-/m0/s1. The van der Waals surface area contributed by atoms with Crippen molar-refractivity contribution in [3.05, 3.63) is 29.0 Å². The fraction of sp³-hybridized carbons (Fsp3) is 0.500. The van der Waals surface area contributed by atoms with E-state index in [-0.39, 0.29) is 6.10 Å². The van der Waals surface area contributed by atoms with E-state index in [0.29, 0.717) is 11.4 Å². The molecule has 0 spiro atoms. The molecule has 0 amide bonds. The molecule has 118 valence electrons. The quantitative estimate of drug-likeness (QED) is 0.763. The van der Waals surface area contributed by atoms with Gasteiger partial charge in [-0.3, -0.25) is 0 Å². The number of quaternary nitrogens is 1. The Bertz CT molecular complexity index is 681. The fourth-order valence-electron chi connectivity index (χ4n) is 2.74. The molecule has 3 rings (SSSR count). The summed E-state index contributed by atoms with van der Waals surface area (Å²) in [6.45, 7) is 2.39. The molecular formula is C14H20N5O2S+. The number of rotatable bonds is 4. The zero-order valence-electron chi connectivity index (χ0n) is 12.5. The first-order valence-electron chi connectivity index (χ1n) is 7.36. The lowest BCUT2D eigenvalue weighted by molar-refractivity contribution is -0.931. The number of hydrogen-bond donors (Lipinski definition) is 2. The number of aliphatic hydroxyl groups is 1. The van der Waals surface area contributed by atoms with Gasteiger partial charge in [-0.25, -0.2) is 0 Å². The highest BCUT2D eigenvalue weighted by molar-refractivity contribution is 7.71. The summed E-state index contributed by atoms with van der Waals surface area (Å²) in [6.07, 6.45) is 1.68. The van der Waals surface area contributed by atoms with Crippen LogP contribution in [0.3, 0.4) is 0 Å². The molecule has 1 saturated heterocycles. The number of hydrogen-bond acceptors (Lipinski definition) is 5. The molecule has 1 aromatic carbocycles. The van der Waals surface area contributed by atoms with Gasteiger partial charge in [0.25, 0.3) is 0 Å². The van der Waals surface area contributed by atoms with Crippen molar-refractivity contribution in [1.29, 1.82) is 0 Å². The van der Waals surface area contributed by atoms with E-state index in [1.807, 2.05) is 24.3 Å². The van der Waals surface area contributed by atoms with Gasteiger partial charge < -0.3 is 14.7 Å². The summed E-state index contributed by atoms with van der Waals surface area (Å²) in [5.74, 6) is 0.786. The van der Waals surface area contributed by atoms with Gasteiger partial charge in [-0.05, 0) is 59.8 Å². The number of aliphatic hydroxyl groups excluding tert-OH is 1. The summed E-state index contributed by atoms with van der Waals surface area (Å²) in [5, 5.41) is 18.0. The summed E-state index contributed by atoms with van der Waals surface area (Å²) >= 11 is 5.46. The van der Waals surface area contributed by atoms with Crippen LogP contribution in [0.2, 0.25) is 0 Å². The second-order valence-corrected chi connectivity index (χ2v) is 5.89. The van der Waals surface area contributed by atoms with Crippen molar-refractivity contribution in [3.63, 3.8) is 0 Å². The second-order valence-electron chi connectivity index (χ2n) is 5.53. The Morgan fingerprint density at radius 1 is 1.36 bits per heavy atom. The minimum atomic E-state index is -0.227. The average molecular weight is 322 g/mol. The van der Waals surface area contributed by atoms with Gasteiger partial charge in [0.05, 0.1) is 19.3 Å². The van der Waals surface area contributed by atoms with Crippen molar-refractivity contribution >= 4 is 12.2 Å². The molecule has 2 N–H and O–H groups in total. The van der Waals surface area contributed by atoms with Gasteiger partial charge in [0, 0.05) is 0 Å². The van der Waals surface area contributed by atoms with Crippen LogP contribution in [0.25, 0.3) is 5.69 Å². The average Bonchev–Trinajstić information content (AvgIpc) is 2.89. The highest BCUT2D eigenvalue weighted by Crippen LogP contribution is 2.14. The summed E-state index contributed by atoms with van der Waals surface area (Å²) in [5.41, 5.74) is 0.853. The Morgan fingerprint density at radius 3 is 2.82 bits per heavy atom. The third-order valence-electron chi connectivity index (χ3n) is 3.92. The summed E-state index contributed by atoms with van der Waals surface area (Å²) in [6, 6.07) is 7.51. The Hall–Kier alpha value is -1.77. The van der Waals surface area contributed by atoms with Crippen LogP contribution in [0.4, 0.5) is 0 Å². The number of likely N-dealkylation sites (tertiary alicyclic amines) is 1. The molecule has 0 aliphatic carbocycles. The van der Waals surface area contributed by atoms with E-state index in [1.165, 1.54) is 4.90 Å².